The summed E-state index contributed by atoms with van der Waals surface area (Å²) in [7, 11) is 0. The van der Waals surface area contributed by atoms with Crippen LogP contribution in [-0.4, -0.2) is 22.3 Å². The predicted octanol–water partition coefficient (Wildman–Crippen LogP) is 4.19. The van der Waals surface area contributed by atoms with Crippen LogP contribution in [-0.2, 0) is 4.74 Å². The molecule has 0 amide bonds. The molecule has 1 aliphatic rings. The Labute approximate surface area is 124 Å². The van der Waals surface area contributed by atoms with Crippen molar-refractivity contribution >= 4 is 11.3 Å². The summed E-state index contributed by atoms with van der Waals surface area (Å²) < 4.78 is 8.37. The zero-order valence-electron chi connectivity index (χ0n) is 12.0. The predicted molar refractivity (Wildman–Crippen MR) is 82.2 cm³/mol. The third-order valence-electron chi connectivity index (χ3n) is 4.13. The van der Waals surface area contributed by atoms with Gasteiger partial charge in [0.2, 0.25) is 0 Å². The maximum absolute atomic E-state index is 6.21. The molecule has 3 rings (SSSR count). The van der Waals surface area contributed by atoms with Gasteiger partial charge in [-0.15, -0.1) is 11.3 Å². The average Bonchev–Trinajstić information content (AvgIpc) is 3.13. The monoisotopic (exact) mass is 290 g/mol. The maximum atomic E-state index is 6.21. The first-order valence-electron chi connectivity index (χ1n) is 7.47. The van der Waals surface area contributed by atoms with Crippen LogP contribution in [0.25, 0.3) is 0 Å². The number of hydrogen-bond acceptors (Lipinski definition) is 3. The van der Waals surface area contributed by atoms with Gasteiger partial charge in [-0.25, -0.2) is 4.98 Å². The second-order valence-corrected chi connectivity index (χ2v) is 6.53. The van der Waals surface area contributed by atoms with Crippen molar-refractivity contribution in [3.63, 3.8) is 0 Å². The summed E-state index contributed by atoms with van der Waals surface area (Å²) in [6.07, 6.45) is 12.7. The fourth-order valence-corrected chi connectivity index (χ4v) is 3.96. The van der Waals surface area contributed by atoms with E-state index in [0.29, 0.717) is 6.10 Å². The van der Waals surface area contributed by atoms with Crippen molar-refractivity contribution in [1.82, 2.24) is 9.55 Å². The van der Waals surface area contributed by atoms with Gasteiger partial charge < -0.3 is 9.30 Å². The van der Waals surface area contributed by atoms with Gasteiger partial charge in [-0.05, 0) is 36.8 Å². The van der Waals surface area contributed by atoms with Crippen molar-refractivity contribution in [3.05, 3.63) is 40.6 Å². The molecule has 2 aromatic heterocycles. The number of rotatable bonds is 5. The van der Waals surface area contributed by atoms with Gasteiger partial charge >= 0.3 is 0 Å². The number of nitrogens with zero attached hydrogens (tertiary/aromatic N) is 2. The van der Waals surface area contributed by atoms with Crippen molar-refractivity contribution in [2.24, 2.45) is 0 Å². The molecule has 1 saturated carbocycles. The first kappa shape index (κ1) is 13.8. The van der Waals surface area contributed by atoms with Crippen LogP contribution in [0, 0.1) is 6.92 Å². The minimum absolute atomic E-state index is 0.263. The number of imidazole rings is 1. The van der Waals surface area contributed by atoms with Crippen molar-refractivity contribution in [3.8, 4) is 0 Å². The van der Waals surface area contributed by atoms with Crippen molar-refractivity contribution in [2.45, 2.75) is 51.2 Å². The summed E-state index contributed by atoms with van der Waals surface area (Å²) in [6.45, 7) is 2.93. The van der Waals surface area contributed by atoms with E-state index in [2.05, 4.69) is 27.9 Å². The Morgan fingerprint density at radius 3 is 2.90 bits per heavy atom. The molecule has 1 aliphatic carbocycles. The molecule has 0 spiro atoms. The van der Waals surface area contributed by atoms with Gasteiger partial charge in [0.15, 0.2) is 0 Å². The summed E-state index contributed by atoms with van der Waals surface area (Å²) in [4.78, 5) is 5.58. The summed E-state index contributed by atoms with van der Waals surface area (Å²) in [5.74, 6) is 0. The molecule has 0 aromatic carbocycles. The summed E-state index contributed by atoms with van der Waals surface area (Å²) in [5, 5.41) is 2.16. The molecular weight excluding hydrogens is 268 g/mol. The highest BCUT2D eigenvalue weighted by Crippen LogP contribution is 2.29. The smallest absolute Gasteiger partial charge is 0.0952 e. The molecule has 20 heavy (non-hydrogen) atoms. The quantitative estimate of drug-likeness (QED) is 0.825. The lowest BCUT2D eigenvalue weighted by atomic mass is 9.98. The van der Waals surface area contributed by atoms with E-state index in [0.717, 1.165) is 6.61 Å². The Bertz CT molecular complexity index is 514. The van der Waals surface area contributed by atoms with E-state index in [4.69, 9.17) is 4.74 Å². The van der Waals surface area contributed by atoms with Crippen LogP contribution in [0.5, 0.6) is 0 Å². The summed E-state index contributed by atoms with van der Waals surface area (Å²) in [5.41, 5.74) is 1.35. The molecule has 0 bridgehead atoms. The van der Waals surface area contributed by atoms with E-state index in [9.17, 15) is 0 Å². The molecule has 0 saturated heterocycles. The first-order valence-corrected chi connectivity index (χ1v) is 8.35. The Kier molecular flexibility index (Phi) is 4.53. The third kappa shape index (κ3) is 3.13. The van der Waals surface area contributed by atoms with E-state index >= 15 is 0 Å². The van der Waals surface area contributed by atoms with Crippen LogP contribution in [0.15, 0.2) is 30.2 Å². The van der Waals surface area contributed by atoms with Crippen LogP contribution in [0.2, 0.25) is 0 Å². The number of hydrogen-bond donors (Lipinski definition) is 0. The second-order valence-electron chi connectivity index (χ2n) is 5.59. The molecular formula is C16H22N2OS. The molecule has 1 unspecified atom stereocenters. The third-order valence-corrected chi connectivity index (χ3v) is 5.25. The molecule has 2 heterocycles. The normalized spacial score (nSPS) is 18.2. The zero-order valence-corrected chi connectivity index (χ0v) is 12.8. The molecule has 1 fully saturated rings. The second kappa shape index (κ2) is 6.55. The standard InChI is InChI=1S/C16H22N2OS/c1-13-7-10-20-16(13)15(18-9-8-17-12-18)11-19-14-5-3-2-4-6-14/h7-10,12,14-15H,2-6,11H2,1H3. The van der Waals surface area contributed by atoms with Gasteiger partial charge in [0, 0.05) is 17.3 Å². The number of ether oxygens (including phenoxy) is 1. The van der Waals surface area contributed by atoms with Crippen LogP contribution in [0.4, 0.5) is 0 Å². The van der Waals surface area contributed by atoms with Crippen molar-refractivity contribution in [1.29, 1.82) is 0 Å². The summed E-state index contributed by atoms with van der Waals surface area (Å²) in [6, 6.07) is 2.45. The van der Waals surface area contributed by atoms with Crippen LogP contribution < -0.4 is 0 Å². The molecule has 4 heteroatoms. The molecule has 0 aliphatic heterocycles. The van der Waals surface area contributed by atoms with Gasteiger partial charge in [-0.2, -0.15) is 0 Å². The van der Waals surface area contributed by atoms with Crippen LogP contribution >= 0.6 is 11.3 Å². The van der Waals surface area contributed by atoms with Crippen molar-refractivity contribution < 1.29 is 4.74 Å². The van der Waals surface area contributed by atoms with Gasteiger partial charge in [-0.3, -0.25) is 0 Å². The van der Waals surface area contributed by atoms with E-state index in [1.165, 1.54) is 42.5 Å². The Morgan fingerprint density at radius 1 is 1.40 bits per heavy atom. The highest BCUT2D eigenvalue weighted by Gasteiger charge is 2.20. The molecule has 108 valence electrons. The average molecular weight is 290 g/mol. The lowest BCUT2D eigenvalue weighted by Crippen LogP contribution is -2.23. The first-order chi connectivity index (χ1) is 9.84. The van der Waals surface area contributed by atoms with Gasteiger partial charge in [-0.1, -0.05) is 19.3 Å². The number of aryl methyl sites for hydroxylation is 1. The lowest BCUT2D eigenvalue weighted by Gasteiger charge is -2.25. The lowest BCUT2D eigenvalue weighted by molar-refractivity contribution is 0.0166. The van der Waals surface area contributed by atoms with E-state index in [1.807, 2.05) is 30.1 Å². The zero-order chi connectivity index (χ0) is 13.8. The highest BCUT2D eigenvalue weighted by atomic mass is 32.1. The largest absolute Gasteiger partial charge is 0.376 e. The topological polar surface area (TPSA) is 27.1 Å². The van der Waals surface area contributed by atoms with Gasteiger partial charge in [0.25, 0.3) is 0 Å². The minimum Gasteiger partial charge on any atom is -0.376 e. The molecule has 0 N–H and O–H groups in total. The number of aromatic nitrogens is 2. The molecule has 3 nitrogen and oxygen atoms in total. The Balaban J connectivity index is 1.71. The van der Waals surface area contributed by atoms with E-state index in [-0.39, 0.29) is 6.04 Å². The van der Waals surface area contributed by atoms with Crippen LogP contribution in [0.1, 0.15) is 48.6 Å². The molecule has 2 aromatic rings. The van der Waals surface area contributed by atoms with Gasteiger partial charge in [0.1, 0.15) is 0 Å². The Morgan fingerprint density at radius 2 is 2.25 bits per heavy atom. The van der Waals surface area contributed by atoms with E-state index < -0.39 is 0 Å². The van der Waals surface area contributed by atoms with Gasteiger partial charge in [0.05, 0.1) is 25.1 Å². The molecule has 0 radical (unpaired) electrons. The summed E-state index contributed by atoms with van der Waals surface area (Å²) >= 11 is 1.81. The number of thiophene rings is 1. The Hall–Kier alpha value is -1.13. The van der Waals surface area contributed by atoms with Crippen LogP contribution in [0.3, 0.4) is 0 Å². The highest BCUT2D eigenvalue weighted by molar-refractivity contribution is 7.10. The van der Waals surface area contributed by atoms with E-state index in [1.54, 1.807) is 0 Å². The maximum Gasteiger partial charge on any atom is 0.0952 e. The fraction of sp³-hybridized carbons (Fsp3) is 0.562. The van der Waals surface area contributed by atoms with Crippen molar-refractivity contribution in [2.75, 3.05) is 6.61 Å². The fourth-order valence-electron chi connectivity index (χ4n) is 2.94. The SMILES string of the molecule is Cc1ccsc1C(COC1CCCCC1)n1ccnc1. The minimum atomic E-state index is 0.263. The molecule has 1 atom stereocenters.